The predicted octanol–water partition coefficient (Wildman–Crippen LogP) is 9.02. The molecule has 4 aromatic carbocycles. The highest BCUT2D eigenvalue weighted by Crippen LogP contribution is 2.45. The summed E-state index contributed by atoms with van der Waals surface area (Å²) in [6.07, 6.45) is 0. The van der Waals surface area contributed by atoms with Gasteiger partial charge in [-0.15, -0.1) is 0 Å². The first-order chi connectivity index (χ1) is 22.3. The van der Waals surface area contributed by atoms with Gasteiger partial charge in [0.15, 0.2) is 0 Å². The predicted molar refractivity (Wildman–Crippen MR) is 189 cm³/mol. The highest BCUT2D eigenvalue weighted by molar-refractivity contribution is 5.58. The second kappa shape index (κ2) is 14.9. The smallest absolute Gasteiger partial charge is 0.126 e. The fourth-order valence-electron chi connectivity index (χ4n) is 6.36. The number of phenols is 3. The summed E-state index contributed by atoms with van der Waals surface area (Å²) < 4.78 is 17.3. The average Bonchev–Trinajstić information content (AvgIpc) is 3.06. The zero-order chi connectivity index (χ0) is 34.5. The summed E-state index contributed by atoms with van der Waals surface area (Å²) in [5, 5.41) is 32.7. The van der Waals surface area contributed by atoms with Gasteiger partial charge in [0.25, 0.3) is 0 Å². The van der Waals surface area contributed by atoms with E-state index < -0.39 is 5.41 Å². The Hall–Kier alpha value is -3.84. The van der Waals surface area contributed by atoms with E-state index in [1.165, 1.54) is 0 Å². The van der Waals surface area contributed by atoms with Crippen LogP contribution in [0, 0.1) is 20.8 Å². The number of benzene rings is 4. The number of rotatable bonds is 14. The van der Waals surface area contributed by atoms with Crippen molar-refractivity contribution in [2.45, 2.75) is 93.0 Å². The van der Waals surface area contributed by atoms with E-state index in [0.717, 1.165) is 50.1 Å². The molecule has 0 aliphatic heterocycles. The van der Waals surface area contributed by atoms with Crippen molar-refractivity contribution in [3.63, 3.8) is 0 Å². The molecule has 0 aliphatic rings. The Morgan fingerprint density at radius 2 is 0.830 bits per heavy atom. The Morgan fingerprint density at radius 1 is 0.468 bits per heavy atom. The van der Waals surface area contributed by atoms with Gasteiger partial charge in [-0.1, -0.05) is 56.3 Å². The van der Waals surface area contributed by atoms with Gasteiger partial charge in [0.05, 0.1) is 19.8 Å². The van der Waals surface area contributed by atoms with Gasteiger partial charge in [0, 0.05) is 47.3 Å². The van der Waals surface area contributed by atoms with Crippen LogP contribution in [-0.4, -0.2) is 35.1 Å². The fraction of sp³-hybridized carbons (Fsp3) is 0.415. The maximum absolute atomic E-state index is 11.3. The van der Waals surface area contributed by atoms with Crippen LogP contribution in [0.25, 0.3) is 0 Å². The molecule has 0 saturated carbocycles. The highest BCUT2D eigenvalue weighted by atomic mass is 16.5. The van der Waals surface area contributed by atoms with Crippen molar-refractivity contribution in [1.82, 2.24) is 0 Å². The minimum Gasteiger partial charge on any atom is -0.507 e. The first-order valence-corrected chi connectivity index (χ1v) is 16.6. The Morgan fingerprint density at radius 3 is 1.28 bits per heavy atom. The minimum absolute atomic E-state index is 0.188. The van der Waals surface area contributed by atoms with Gasteiger partial charge in [0.1, 0.15) is 17.2 Å². The van der Waals surface area contributed by atoms with E-state index in [4.69, 9.17) is 14.2 Å². The molecule has 0 saturated heterocycles. The summed E-state index contributed by atoms with van der Waals surface area (Å²) in [6, 6.07) is 21.0. The lowest BCUT2D eigenvalue weighted by Crippen LogP contribution is -2.27. The first kappa shape index (κ1) is 36.0. The number of hydrogen-bond donors (Lipinski definition) is 3. The Bertz CT molecular complexity index is 1640. The lowest BCUT2D eigenvalue weighted by Gasteiger charge is -2.35. The van der Waals surface area contributed by atoms with Crippen LogP contribution in [0.4, 0.5) is 0 Å². The zero-order valence-corrected chi connectivity index (χ0v) is 29.6. The summed E-state index contributed by atoms with van der Waals surface area (Å²) >= 11 is 0. The fourth-order valence-corrected chi connectivity index (χ4v) is 6.36. The molecule has 4 rings (SSSR count). The van der Waals surface area contributed by atoms with E-state index >= 15 is 0 Å². The molecule has 0 aliphatic carbocycles. The van der Waals surface area contributed by atoms with Gasteiger partial charge in [-0.05, 0) is 111 Å². The van der Waals surface area contributed by atoms with Crippen LogP contribution in [0.1, 0.15) is 103 Å². The first-order valence-electron chi connectivity index (χ1n) is 16.6. The molecule has 3 N–H and O–H groups in total. The third-order valence-electron chi connectivity index (χ3n) is 9.58. The van der Waals surface area contributed by atoms with Crippen molar-refractivity contribution >= 4 is 0 Å². The minimum atomic E-state index is -0.691. The number of phenolic OH excluding ortho intramolecular Hbond substituents is 3. The van der Waals surface area contributed by atoms with E-state index in [1.807, 2.05) is 65.8 Å². The summed E-state index contributed by atoms with van der Waals surface area (Å²) in [4.78, 5) is 0. The number of aryl methyl sites for hydroxylation is 3. The van der Waals surface area contributed by atoms with Crippen molar-refractivity contribution in [3.8, 4) is 17.2 Å². The standard InChI is InChI=1S/C41H52O6/c1-10-45-23-29-20-35(19-28(6)38(29)43)41(9,36-21-30(24-46-11-2)39(44)31(22-36)25-47-12-3)33-15-13-32(14-16-33)40(7,8)34-17-26(4)37(42)27(5)18-34/h13-22,42-44H,10-12,23-25H2,1-9H3. The monoisotopic (exact) mass is 640 g/mol. The third-order valence-corrected chi connectivity index (χ3v) is 9.58. The van der Waals surface area contributed by atoms with Crippen LogP contribution >= 0.6 is 0 Å². The van der Waals surface area contributed by atoms with Crippen molar-refractivity contribution < 1.29 is 29.5 Å². The average molecular weight is 641 g/mol. The third kappa shape index (κ3) is 7.35. The van der Waals surface area contributed by atoms with E-state index in [2.05, 4.69) is 57.2 Å². The van der Waals surface area contributed by atoms with Crippen LogP contribution in [0.3, 0.4) is 0 Å². The van der Waals surface area contributed by atoms with Gasteiger partial charge in [0.2, 0.25) is 0 Å². The van der Waals surface area contributed by atoms with Crippen LogP contribution in [0.15, 0.2) is 60.7 Å². The number of aromatic hydroxyl groups is 3. The summed E-state index contributed by atoms with van der Waals surface area (Å²) in [5.74, 6) is 0.763. The summed E-state index contributed by atoms with van der Waals surface area (Å²) in [5.41, 5.74) is 8.92. The van der Waals surface area contributed by atoms with Crippen LogP contribution in [0.5, 0.6) is 17.2 Å². The summed E-state index contributed by atoms with van der Waals surface area (Å²) in [7, 11) is 0. The maximum atomic E-state index is 11.3. The van der Waals surface area contributed by atoms with E-state index in [0.29, 0.717) is 43.3 Å². The lowest BCUT2D eigenvalue weighted by atomic mass is 9.68. The number of hydrogen-bond acceptors (Lipinski definition) is 6. The molecule has 0 amide bonds. The Labute approximate surface area is 281 Å². The molecule has 4 aromatic rings. The van der Waals surface area contributed by atoms with Gasteiger partial charge in [-0.3, -0.25) is 0 Å². The molecule has 0 spiro atoms. The SMILES string of the molecule is CCOCc1cc(C(C)(c2ccc(C(C)(C)c3cc(C)c(O)c(C)c3)cc2)c2cc(COCC)c(O)c(COCC)c2)cc(C)c1O. The van der Waals surface area contributed by atoms with Crippen LogP contribution in [-0.2, 0) is 44.9 Å². The lowest BCUT2D eigenvalue weighted by molar-refractivity contribution is 0.126. The molecule has 6 nitrogen and oxygen atoms in total. The van der Waals surface area contributed by atoms with Crippen molar-refractivity contribution in [1.29, 1.82) is 0 Å². The molecule has 252 valence electrons. The van der Waals surface area contributed by atoms with Crippen LogP contribution in [0.2, 0.25) is 0 Å². The van der Waals surface area contributed by atoms with E-state index in [-0.39, 0.29) is 30.1 Å². The zero-order valence-electron chi connectivity index (χ0n) is 29.6. The molecule has 47 heavy (non-hydrogen) atoms. The number of ether oxygens (including phenoxy) is 3. The molecule has 0 bridgehead atoms. The van der Waals surface area contributed by atoms with Gasteiger partial charge in [-0.25, -0.2) is 0 Å². The Balaban J connectivity index is 1.96. The topological polar surface area (TPSA) is 88.4 Å². The molecule has 1 atom stereocenters. The molecule has 0 heterocycles. The normalized spacial score (nSPS) is 13.1. The molecule has 6 heteroatoms. The van der Waals surface area contributed by atoms with Gasteiger partial charge < -0.3 is 29.5 Å². The molecule has 1 unspecified atom stereocenters. The van der Waals surface area contributed by atoms with Crippen LogP contribution < -0.4 is 0 Å². The largest absolute Gasteiger partial charge is 0.507 e. The van der Waals surface area contributed by atoms with E-state index in [1.54, 1.807) is 0 Å². The molecule has 0 fully saturated rings. The molecule has 0 aromatic heterocycles. The Kier molecular flexibility index (Phi) is 11.4. The summed E-state index contributed by atoms with van der Waals surface area (Å²) in [6.45, 7) is 20.6. The molecule has 0 radical (unpaired) electrons. The van der Waals surface area contributed by atoms with Crippen molar-refractivity contribution in [2.75, 3.05) is 19.8 Å². The molecular formula is C41H52O6. The quantitative estimate of drug-likeness (QED) is 0.119. The van der Waals surface area contributed by atoms with Gasteiger partial charge in [-0.2, -0.15) is 0 Å². The highest BCUT2D eigenvalue weighted by Gasteiger charge is 2.35. The second-order valence-electron chi connectivity index (χ2n) is 13.1. The van der Waals surface area contributed by atoms with Crippen molar-refractivity contribution in [2.24, 2.45) is 0 Å². The van der Waals surface area contributed by atoms with Gasteiger partial charge >= 0.3 is 0 Å². The maximum Gasteiger partial charge on any atom is 0.126 e. The molecular weight excluding hydrogens is 588 g/mol. The van der Waals surface area contributed by atoms with E-state index in [9.17, 15) is 15.3 Å². The second-order valence-corrected chi connectivity index (χ2v) is 13.1. The van der Waals surface area contributed by atoms with Crippen molar-refractivity contribution in [3.05, 3.63) is 122 Å².